The standard InChI is InChI=1S/C15H21ClN2/c16-14-3-1-2-12(10-14)13-4-5-15(11-13)18-8-6-17-7-9-18/h1-3,10,13,15,17H,4-9,11H2. The maximum absolute atomic E-state index is 6.09. The highest BCUT2D eigenvalue weighted by atomic mass is 35.5. The molecule has 1 saturated heterocycles. The zero-order valence-corrected chi connectivity index (χ0v) is 11.5. The molecule has 2 aliphatic rings. The Morgan fingerprint density at radius 3 is 2.78 bits per heavy atom. The molecule has 2 atom stereocenters. The van der Waals surface area contributed by atoms with Crippen LogP contribution in [0.15, 0.2) is 24.3 Å². The molecule has 0 aromatic heterocycles. The molecule has 0 amide bonds. The Balaban J connectivity index is 1.64. The summed E-state index contributed by atoms with van der Waals surface area (Å²) in [5.41, 5.74) is 1.43. The quantitative estimate of drug-likeness (QED) is 0.884. The second-order valence-corrected chi connectivity index (χ2v) is 5.94. The smallest absolute Gasteiger partial charge is 0.0408 e. The molecule has 2 unspecified atom stereocenters. The molecule has 0 bridgehead atoms. The van der Waals surface area contributed by atoms with Crippen molar-refractivity contribution < 1.29 is 0 Å². The van der Waals surface area contributed by atoms with Gasteiger partial charge in [0.15, 0.2) is 0 Å². The molecule has 2 fully saturated rings. The SMILES string of the molecule is Clc1cccc(C2CCC(N3CCNCC3)C2)c1. The van der Waals surface area contributed by atoms with Gasteiger partial charge in [-0.1, -0.05) is 23.7 Å². The van der Waals surface area contributed by atoms with Crippen molar-refractivity contribution in [2.45, 2.75) is 31.2 Å². The van der Waals surface area contributed by atoms with Gasteiger partial charge in [0, 0.05) is 37.2 Å². The van der Waals surface area contributed by atoms with Crippen LogP contribution in [0.2, 0.25) is 5.02 Å². The maximum Gasteiger partial charge on any atom is 0.0408 e. The first-order chi connectivity index (χ1) is 8.83. The average Bonchev–Trinajstić information content (AvgIpc) is 2.89. The minimum Gasteiger partial charge on any atom is -0.314 e. The number of rotatable bonds is 2. The van der Waals surface area contributed by atoms with Gasteiger partial charge in [-0.05, 0) is 42.9 Å². The Morgan fingerprint density at radius 1 is 1.17 bits per heavy atom. The Kier molecular flexibility index (Phi) is 3.88. The molecule has 1 aliphatic carbocycles. The van der Waals surface area contributed by atoms with Crippen molar-refractivity contribution in [2.24, 2.45) is 0 Å². The number of piperazine rings is 1. The molecule has 1 aromatic rings. The zero-order valence-electron chi connectivity index (χ0n) is 10.7. The van der Waals surface area contributed by atoms with Gasteiger partial charge in [0.25, 0.3) is 0 Å². The van der Waals surface area contributed by atoms with E-state index in [-0.39, 0.29) is 0 Å². The van der Waals surface area contributed by atoms with E-state index in [1.165, 1.54) is 37.9 Å². The first-order valence-corrected chi connectivity index (χ1v) is 7.41. The van der Waals surface area contributed by atoms with Crippen molar-refractivity contribution >= 4 is 11.6 Å². The fourth-order valence-electron chi connectivity index (χ4n) is 3.40. The maximum atomic E-state index is 6.09. The molecule has 1 N–H and O–H groups in total. The van der Waals surface area contributed by atoms with Crippen LogP contribution in [0.5, 0.6) is 0 Å². The molecule has 0 spiro atoms. The molecule has 2 nitrogen and oxygen atoms in total. The van der Waals surface area contributed by atoms with E-state index < -0.39 is 0 Å². The zero-order chi connectivity index (χ0) is 12.4. The van der Waals surface area contributed by atoms with E-state index in [0.29, 0.717) is 5.92 Å². The van der Waals surface area contributed by atoms with E-state index in [1.54, 1.807) is 0 Å². The summed E-state index contributed by atoms with van der Waals surface area (Å²) in [5, 5.41) is 4.30. The molecule has 3 rings (SSSR count). The van der Waals surface area contributed by atoms with E-state index in [0.717, 1.165) is 24.2 Å². The highest BCUT2D eigenvalue weighted by Crippen LogP contribution is 2.37. The summed E-state index contributed by atoms with van der Waals surface area (Å²) in [6, 6.07) is 9.21. The van der Waals surface area contributed by atoms with Crippen molar-refractivity contribution in [3.63, 3.8) is 0 Å². The Labute approximate surface area is 114 Å². The van der Waals surface area contributed by atoms with E-state index in [2.05, 4.69) is 28.4 Å². The fraction of sp³-hybridized carbons (Fsp3) is 0.600. The number of benzene rings is 1. The Hall–Kier alpha value is -0.570. The largest absolute Gasteiger partial charge is 0.314 e. The number of nitrogens with zero attached hydrogens (tertiary/aromatic N) is 1. The predicted molar refractivity (Wildman–Crippen MR) is 76.3 cm³/mol. The summed E-state index contributed by atoms with van der Waals surface area (Å²) >= 11 is 6.09. The molecule has 1 saturated carbocycles. The van der Waals surface area contributed by atoms with Gasteiger partial charge in [-0.15, -0.1) is 0 Å². The molecule has 98 valence electrons. The summed E-state index contributed by atoms with van der Waals surface area (Å²) < 4.78 is 0. The lowest BCUT2D eigenvalue weighted by atomic mass is 9.97. The predicted octanol–water partition coefficient (Wildman–Crippen LogP) is 2.88. The van der Waals surface area contributed by atoms with E-state index in [9.17, 15) is 0 Å². The fourth-order valence-corrected chi connectivity index (χ4v) is 3.60. The van der Waals surface area contributed by atoms with E-state index >= 15 is 0 Å². The number of hydrogen-bond acceptors (Lipinski definition) is 2. The van der Waals surface area contributed by atoms with Crippen LogP contribution in [0.1, 0.15) is 30.7 Å². The van der Waals surface area contributed by atoms with Crippen molar-refractivity contribution in [2.75, 3.05) is 26.2 Å². The van der Waals surface area contributed by atoms with Crippen molar-refractivity contribution in [1.82, 2.24) is 10.2 Å². The minimum atomic E-state index is 0.712. The topological polar surface area (TPSA) is 15.3 Å². The van der Waals surface area contributed by atoms with E-state index in [4.69, 9.17) is 11.6 Å². The van der Waals surface area contributed by atoms with Gasteiger partial charge in [0.05, 0.1) is 0 Å². The minimum absolute atomic E-state index is 0.712. The highest BCUT2D eigenvalue weighted by molar-refractivity contribution is 6.30. The summed E-state index contributed by atoms with van der Waals surface area (Å²) in [6.45, 7) is 4.73. The van der Waals surface area contributed by atoms with Gasteiger partial charge in [0.1, 0.15) is 0 Å². The van der Waals surface area contributed by atoms with Gasteiger partial charge in [0.2, 0.25) is 0 Å². The third-order valence-corrected chi connectivity index (χ3v) is 4.63. The van der Waals surface area contributed by atoms with Gasteiger partial charge >= 0.3 is 0 Å². The van der Waals surface area contributed by atoms with Gasteiger partial charge in [-0.25, -0.2) is 0 Å². The number of nitrogens with one attached hydrogen (secondary N) is 1. The third kappa shape index (κ3) is 2.71. The second-order valence-electron chi connectivity index (χ2n) is 5.50. The van der Waals surface area contributed by atoms with Gasteiger partial charge in [-0.2, -0.15) is 0 Å². The van der Waals surface area contributed by atoms with Crippen LogP contribution in [0, 0.1) is 0 Å². The van der Waals surface area contributed by atoms with Crippen LogP contribution in [0.4, 0.5) is 0 Å². The lowest BCUT2D eigenvalue weighted by Crippen LogP contribution is -2.47. The average molecular weight is 265 g/mol. The van der Waals surface area contributed by atoms with Crippen molar-refractivity contribution in [3.05, 3.63) is 34.9 Å². The monoisotopic (exact) mass is 264 g/mol. The molecule has 1 heterocycles. The van der Waals surface area contributed by atoms with Crippen molar-refractivity contribution in [3.8, 4) is 0 Å². The summed E-state index contributed by atoms with van der Waals surface area (Å²) in [4.78, 5) is 2.67. The van der Waals surface area contributed by atoms with Crippen molar-refractivity contribution in [1.29, 1.82) is 0 Å². The third-order valence-electron chi connectivity index (χ3n) is 4.39. The molecular formula is C15H21ClN2. The molecule has 3 heteroatoms. The van der Waals surface area contributed by atoms with Crippen LogP contribution < -0.4 is 5.32 Å². The normalized spacial score (nSPS) is 29.6. The first kappa shape index (κ1) is 12.5. The van der Waals surface area contributed by atoms with E-state index in [1.807, 2.05) is 6.07 Å². The summed E-state index contributed by atoms with van der Waals surface area (Å²) in [5.74, 6) is 0.712. The van der Waals surface area contributed by atoms with Crippen LogP contribution in [-0.2, 0) is 0 Å². The highest BCUT2D eigenvalue weighted by Gasteiger charge is 2.30. The lowest BCUT2D eigenvalue weighted by Gasteiger charge is -2.32. The second kappa shape index (κ2) is 5.60. The molecule has 0 radical (unpaired) electrons. The lowest BCUT2D eigenvalue weighted by molar-refractivity contribution is 0.174. The summed E-state index contributed by atoms with van der Waals surface area (Å²) in [7, 11) is 0. The Bertz CT molecular complexity index is 401. The molecule has 18 heavy (non-hydrogen) atoms. The van der Waals surface area contributed by atoms with Crippen LogP contribution in [-0.4, -0.2) is 37.1 Å². The number of halogens is 1. The summed E-state index contributed by atoms with van der Waals surface area (Å²) in [6.07, 6.45) is 3.96. The van der Waals surface area contributed by atoms with Gasteiger partial charge in [-0.3, -0.25) is 4.90 Å². The van der Waals surface area contributed by atoms with Crippen LogP contribution in [0.25, 0.3) is 0 Å². The molecular weight excluding hydrogens is 244 g/mol. The Morgan fingerprint density at radius 2 is 2.00 bits per heavy atom. The first-order valence-electron chi connectivity index (χ1n) is 7.03. The van der Waals surface area contributed by atoms with Gasteiger partial charge < -0.3 is 5.32 Å². The molecule has 1 aromatic carbocycles. The van der Waals surface area contributed by atoms with Crippen LogP contribution >= 0.6 is 11.6 Å². The van der Waals surface area contributed by atoms with Crippen LogP contribution in [0.3, 0.4) is 0 Å². The number of hydrogen-bond donors (Lipinski definition) is 1. The molecule has 1 aliphatic heterocycles.